The Labute approximate surface area is 137 Å². The van der Waals surface area contributed by atoms with Crippen LogP contribution in [0.25, 0.3) is 0 Å². The standard InChI is InChI=1S/C16H16O.C4H6O2/c1-12(2)14-10-6-7-11-15(14)16(17)13-8-4-3-5-9-13;1-3(2)4(5)6/h3-12H,1-2H3;1H2,2H3,(H,5,6). The fourth-order valence-corrected chi connectivity index (χ4v) is 1.95. The molecule has 0 bridgehead atoms. The number of benzene rings is 2. The first-order chi connectivity index (χ1) is 10.8. The largest absolute Gasteiger partial charge is 0.478 e. The van der Waals surface area contributed by atoms with Gasteiger partial charge in [0.15, 0.2) is 5.78 Å². The number of rotatable bonds is 4. The number of carbonyl (C=O) groups excluding carboxylic acids is 1. The van der Waals surface area contributed by atoms with Gasteiger partial charge in [-0.25, -0.2) is 4.79 Å². The van der Waals surface area contributed by atoms with Gasteiger partial charge in [-0.1, -0.05) is 75.0 Å². The average molecular weight is 310 g/mol. The van der Waals surface area contributed by atoms with Crippen LogP contribution in [0.2, 0.25) is 0 Å². The summed E-state index contributed by atoms with van der Waals surface area (Å²) in [6, 6.07) is 17.3. The molecule has 0 radical (unpaired) electrons. The summed E-state index contributed by atoms with van der Waals surface area (Å²) in [6.45, 7) is 8.82. The zero-order valence-electron chi connectivity index (χ0n) is 13.7. The maximum absolute atomic E-state index is 12.4. The molecule has 0 aliphatic heterocycles. The Balaban J connectivity index is 0.000000379. The van der Waals surface area contributed by atoms with E-state index in [4.69, 9.17) is 5.11 Å². The summed E-state index contributed by atoms with van der Waals surface area (Å²) < 4.78 is 0. The lowest BCUT2D eigenvalue weighted by Crippen LogP contribution is -2.06. The van der Waals surface area contributed by atoms with Gasteiger partial charge in [0, 0.05) is 16.7 Å². The zero-order chi connectivity index (χ0) is 17.4. The smallest absolute Gasteiger partial charge is 0.330 e. The second kappa shape index (κ2) is 8.69. The van der Waals surface area contributed by atoms with E-state index in [0.717, 1.165) is 16.7 Å². The normalized spacial score (nSPS) is 9.74. The Hall–Kier alpha value is -2.68. The third-order valence-corrected chi connectivity index (χ3v) is 3.23. The topological polar surface area (TPSA) is 54.4 Å². The van der Waals surface area contributed by atoms with Crippen LogP contribution in [0.4, 0.5) is 0 Å². The summed E-state index contributed by atoms with van der Waals surface area (Å²) in [5.41, 5.74) is 2.85. The molecule has 0 aromatic heterocycles. The number of carboxylic acid groups (broad SMARTS) is 1. The first-order valence-corrected chi connectivity index (χ1v) is 7.42. The van der Waals surface area contributed by atoms with E-state index in [1.54, 1.807) is 0 Å². The summed E-state index contributed by atoms with van der Waals surface area (Å²) in [7, 11) is 0. The molecule has 1 N–H and O–H groups in total. The Morgan fingerprint density at radius 2 is 1.43 bits per heavy atom. The molecule has 0 aliphatic carbocycles. The Morgan fingerprint density at radius 3 is 1.91 bits per heavy atom. The Morgan fingerprint density at radius 1 is 0.957 bits per heavy atom. The lowest BCUT2D eigenvalue weighted by molar-refractivity contribution is -0.132. The molecule has 3 nitrogen and oxygen atoms in total. The second-order valence-electron chi connectivity index (χ2n) is 5.52. The maximum atomic E-state index is 12.4. The van der Waals surface area contributed by atoms with Crippen LogP contribution in [0, 0.1) is 0 Å². The van der Waals surface area contributed by atoms with Crippen molar-refractivity contribution in [1.29, 1.82) is 0 Å². The van der Waals surface area contributed by atoms with Gasteiger partial charge >= 0.3 is 5.97 Å². The predicted molar refractivity (Wildman–Crippen MR) is 92.9 cm³/mol. The minimum absolute atomic E-state index is 0.106. The van der Waals surface area contributed by atoms with Crippen LogP contribution in [-0.4, -0.2) is 16.9 Å². The van der Waals surface area contributed by atoms with Crippen molar-refractivity contribution in [3.8, 4) is 0 Å². The molecule has 23 heavy (non-hydrogen) atoms. The zero-order valence-corrected chi connectivity index (χ0v) is 13.7. The average Bonchev–Trinajstić information content (AvgIpc) is 2.55. The fraction of sp³-hybridized carbons (Fsp3) is 0.200. The summed E-state index contributed by atoms with van der Waals surface area (Å²) in [5, 5.41) is 7.89. The molecule has 0 atom stereocenters. The number of ketones is 1. The van der Waals surface area contributed by atoms with Crippen molar-refractivity contribution in [1.82, 2.24) is 0 Å². The molecular weight excluding hydrogens is 288 g/mol. The van der Waals surface area contributed by atoms with Gasteiger partial charge in [0.05, 0.1) is 0 Å². The first kappa shape index (κ1) is 18.4. The number of hydrogen-bond donors (Lipinski definition) is 1. The SMILES string of the molecule is C=C(C)C(=O)O.CC(C)c1ccccc1C(=O)c1ccccc1. The van der Waals surface area contributed by atoms with Crippen molar-refractivity contribution in [3.05, 3.63) is 83.4 Å². The quantitative estimate of drug-likeness (QED) is 0.658. The fourth-order valence-electron chi connectivity index (χ4n) is 1.95. The van der Waals surface area contributed by atoms with Crippen molar-refractivity contribution in [3.63, 3.8) is 0 Å². The highest BCUT2D eigenvalue weighted by Gasteiger charge is 2.14. The maximum Gasteiger partial charge on any atom is 0.330 e. The molecule has 3 heteroatoms. The third-order valence-electron chi connectivity index (χ3n) is 3.23. The third kappa shape index (κ3) is 5.55. The Bertz CT molecular complexity index is 673. The van der Waals surface area contributed by atoms with Crippen LogP contribution in [0.1, 0.15) is 48.2 Å². The molecule has 0 spiro atoms. The van der Waals surface area contributed by atoms with E-state index in [1.807, 2.05) is 54.6 Å². The van der Waals surface area contributed by atoms with Gasteiger partial charge in [-0.2, -0.15) is 0 Å². The lowest BCUT2D eigenvalue weighted by Gasteiger charge is -2.11. The second-order valence-corrected chi connectivity index (χ2v) is 5.52. The minimum Gasteiger partial charge on any atom is -0.478 e. The molecule has 0 amide bonds. The van der Waals surface area contributed by atoms with Gasteiger partial charge in [-0.05, 0) is 18.4 Å². The summed E-state index contributed by atoms with van der Waals surface area (Å²) in [6.07, 6.45) is 0. The van der Waals surface area contributed by atoms with Crippen LogP contribution in [0.15, 0.2) is 66.7 Å². The van der Waals surface area contributed by atoms with E-state index in [2.05, 4.69) is 20.4 Å². The molecule has 0 heterocycles. The van der Waals surface area contributed by atoms with Crippen molar-refractivity contribution >= 4 is 11.8 Å². The number of hydrogen-bond acceptors (Lipinski definition) is 2. The summed E-state index contributed by atoms with van der Waals surface area (Å²) in [5.74, 6) is -0.469. The summed E-state index contributed by atoms with van der Waals surface area (Å²) >= 11 is 0. The van der Waals surface area contributed by atoms with E-state index < -0.39 is 5.97 Å². The van der Waals surface area contributed by atoms with Crippen molar-refractivity contribution < 1.29 is 14.7 Å². The van der Waals surface area contributed by atoms with E-state index in [-0.39, 0.29) is 11.4 Å². The van der Waals surface area contributed by atoms with Gasteiger partial charge < -0.3 is 5.11 Å². The van der Waals surface area contributed by atoms with Crippen LogP contribution >= 0.6 is 0 Å². The van der Waals surface area contributed by atoms with Crippen LogP contribution in [-0.2, 0) is 4.79 Å². The Kier molecular flexibility index (Phi) is 6.94. The highest BCUT2D eigenvalue weighted by Crippen LogP contribution is 2.21. The molecular formula is C20H22O3. The molecule has 0 fully saturated rings. The minimum atomic E-state index is -0.935. The predicted octanol–water partition coefficient (Wildman–Crippen LogP) is 4.69. The molecule has 2 aromatic rings. The van der Waals surface area contributed by atoms with Crippen LogP contribution in [0.3, 0.4) is 0 Å². The van der Waals surface area contributed by atoms with Crippen molar-refractivity contribution in [2.45, 2.75) is 26.7 Å². The van der Waals surface area contributed by atoms with Gasteiger partial charge in [0.1, 0.15) is 0 Å². The van der Waals surface area contributed by atoms with E-state index in [1.165, 1.54) is 6.92 Å². The molecule has 120 valence electrons. The molecule has 2 rings (SSSR count). The van der Waals surface area contributed by atoms with Crippen LogP contribution < -0.4 is 0 Å². The van der Waals surface area contributed by atoms with Gasteiger partial charge in [-0.15, -0.1) is 0 Å². The van der Waals surface area contributed by atoms with E-state index in [0.29, 0.717) is 5.92 Å². The molecule has 0 saturated heterocycles. The van der Waals surface area contributed by atoms with Gasteiger partial charge in [-0.3, -0.25) is 4.79 Å². The molecule has 0 aliphatic rings. The highest BCUT2D eigenvalue weighted by atomic mass is 16.4. The van der Waals surface area contributed by atoms with Crippen LogP contribution in [0.5, 0.6) is 0 Å². The molecule has 0 saturated carbocycles. The van der Waals surface area contributed by atoms with Crippen molar-refractivity contribution in [2.24, 2.45) is 0 Å². The number of carboxylic acids is 1. The van der Waals surface area contributed by atoms with Crippen molar-refractivity contribution in [2.75, 3.05) is 0 Å². The molecule has 2 aromatic carbocycles. The van der Waals surface area contributed by atoms with E-state index in [9.17, 15) is 9.59 Å². The number of carbonyl (C=O) groups is 2. The monoisotopic (exact) mass is 310 g/mol. The first-order valence-electron chi connectivity index (χ1n) is 7.42. The van der Waals surface area contributed by atoms with Gasteiger partial charge in [0.25, 0.3) is 0 Å². The van der Waals surface area contributed by atoms with E-state index >= 15 is 0 Å². The summed E-state index contributed by atoms with van der Waals surface area (Å²) in [4.78, 5) is 22.0. The number of aliphatic carboxylic acids is 1. The molecule has 0 unspecified atom stereocenters. The lowest BCUT2D eigenvalue weighted by atomic mass is 9.92. The van der Waals surface area contributed by atoms with Gasteiger partial charge in [0.2, 0.25) is 0 Å². The highest BCUT2D eigenvalue weighted by molar-refractivity contribution is 6.10.